The number of likely N-dealkylation sites (N-methyl/N-ethyl adjacent to an activating group) is 1. The molecule has 0 bridgehead atoms. The smallest absolute Gasteiger partial charge is 0.288 e. The van der Waals surface area contributed by atoms with Gasteiger partial charge in [-0.15, -0.1) is 0 Å². The molecule has 0 aliphatic carbocycles. The van der Waals surface area contributed by atoms with Gasteiger partial charge in [-0.25, -0.2) is 4.99 Å². The summed E-state index contributed by atoms with van der Waals surface area (Å²) in [6, 6.07) is 5.41. The molecule has 0 fully saturated rings. The van der Waals surface area contributed by atoms with E-state index in [2.05, 4.69) is 26.2 Å². The van der Waals surface area contributed by atoms with E-state index >= 15 is 0 Å². The highest BCUT2D eigenvalue weighted by atomic mass is 79.9. The third kappa shape index (κ3) is 6.66. The first-order valence-electron chi connectivity index (χ1n) is 9.74. The minimum atomic E-state index is -1.65. The quantitative estimate of drug-likeness (QED) is 0.180. The van der Waals surface area contributed by atoms with Crippen LogP contribution in [-0.4, -0.2) is 82.0 Å². The summed E-state index contributed by atoms with van der Waals surface area (Å²) in [7, 11) is 1.57. The third-order valence-electron chi connectivity index (χ3n) is 4.78. The molecule has 1 aliphatic rings. The van der Waals surface area contributed by atoms with Gasteiger partial charge in [0.05, 0.1) is 18.7 Å². The van der Waals surface area contributed by atoms with E-state index in [0.717, 1.165) is 10.0 Å². The number of amides is 2. The Morgan fingerprint density at radius 2 is 1.91 bits per heavy atom. The molecule has 8 N–H and O–H groups in total. The number of carbonyl (C=O) groups is 2. The minimum absolute atomic E-state index is 0.171. The zero-order chi connectivity index (χ0) is 24.0. The topological polar surface area (TPSA) is 184 Å². The van der Waals surface area contributed by atoms with E-state index in [-0.39, 0.29) is 18.3 Å². The summed E-state index contributed by atoms with van der Waals surface area (Å²) in [6.45, 7) is 0.744. The van der Waals surface area contributed by atoms with Crippen LogP contribution >= 0.6 is 15.9 Å². The van der Waals surface area contributed by atoms with Crippen LogP contribution in [0.5, 0.6) is 0 Å². The Morgan fingerprint density at radius 1 is 1.28 bits per heavy atom. The molecular formula is C20H28BrN5O6. The Hall–Kier alpha value is -2.67. The number of benzene rings is 1. The van der Waals surface area contributed by atoms with E-state index in [0.29, 0.717) is 0 Å². The number of hydrogen-bond acceptors (Lipinski definition) is 7. The van der Waals surface area contributed by atoms with E-state index < -0.39 is 48.8 Å². The van der Waals surface area contributed by atoms with Crippen molar-refractivity contribution in [3.8, 4) is 0 Å². The molecule has 1 aliphatic heterocycles. The fourth-order valence-electron chi connectivity index (χ4n) is 3.26. The van der Waals surface area contributed by atoms with Gasteiger partial charge >= 0.3 is 0 Å². The highest BCUT2D eigenvalue weighted by Crippen LogP contribution is 2.26. The summed E-state index contributed by atoms with van der Waals surface area (Å²) in [4.78, 5) is 30.2. The van der Waals surface area contributed by atoms with Crippen LogP contribution < -0.4 is 16.8 Å². The second kappa shape index (κ2) is 11.3. The van der Waals surface area contributed by atoms with Crippen molar-refractivity contribution in [1.29, 1.82) is 0 Å². The molecule has 2 amide bonds. The lowest BCUT2D eigenvalue weighted by atomic mass is 9.92. The molecule has 1 aromatic rings. The Morgan fingerprint density at radius 3 is 2.44 bits per heavy atom. The van der Waals surface area contributed by atoms with E-state index in [1.165, 1.54) is 17.9 Å². The zero-order valence-corrected chi connectivity index (χ0v) is 19.3. The van der Waals surface area contributed by atoms with E-state index in [9.17, 15) is 24.9 Å². The Labute approximate surface area is 193 Å². The van der Waals surface area contributed by atoms with Crippen molar-refractivity contribution in [3.63, 3.8) is 0 Å². The van der Waals surface area contributed by atoms with Gasteiger partial charge in [-0.2, -0.15) is 0 Å². The summed E-state index contributed by atoms with van der Waals surface area (Å²) in [6.07, 6.45) is -3.22. The van der Waals surface area contributed by atoms with Crippen molar-refractivity contribution in [2.24, 2.45) is 16.5 Å². The van der Waals surface area contributed by atoms with Crippen LogP contribution in [0, 0.1) is 0 Å². The average molecular weight is 514 g/mol. The maximum absolute atomic E-state index is 13.1. The lowest BCUT2D eigenvalue weighted by molar-refractivity contribution is -0.140. The Bertz CT molecular complexity index is 874. The molecule has 0 aromatic heterocycles. The second-order valence-electron chi connectivity index (χ2n) is 7.41. The van der Waals surface area contributed by atoms with Crippen molar-refractivity contribution < 1.29 is 29.6 Å². The Balaban J connectivity index is 2.37. The van der Waals surface area contributed by atoms with Crippen LogP contribution in [0.4, 0.5) is 0 Å². The fourth-order valence-corrected chi connectivity index (χ4v) is 3.52. The first-order chi connectivity index (χ1) is 15.0. The van der Waals surface area contributed by atoms with Crippen molar-refractivity contribution in [2.75, 3.05) is 13.7 Å². The average Bonchev–Trinajstić information content (AvgIpc) is 2.74. The first kappa shape index (κ1) is 25.6. The monoisotopic (exact) mass is 513 g/mol. The minimum Gasteiger partial charge on any atom is -0.480 e. The van der Waals surface area contributed by atoms with Gasteiger partial charge in [-0.05, 0) is 23.8 Å². The molecule has 12 heteroatoms. The molecular weight excluding hydrogens is 486 g/mol. The van der Waals surface area contributed by atoms with Gasteiger partial charge in [0.15, 0.2) is 11.7 Å². The second-order valence-corrected chi connectivity index (χ2v) is 8.33. The molecule has 0 spiro atoms. The number of carbonyl (C=O) groups excluding carboxylic acids is 2. The first-order valence-corrected chi connectivity index (χ1v) is 10.5. The number of nitrogens with one attached hydrogen (secondary N) is 1. The van der Waals surface area contributed by atoms with Gasteiger partial charge in [0, 0.05) is 25.0 Å². The van der Waals surface area contributed by atoms with E-state index in [1.54, 1.807) is 7.05 Å². The Kier molecular flexibility index (Phi) is 9.01. The van der Waals surface area contributed by atoms with Crippen molar-refractivity contribution in [3.05, 3.63) is 46.1 Å². The van der Waals surface area contributed by atoms with Gasteiger partial charge in [0.1, 0.15) is 18.3 Å². The summed E-state index contributed by atoms with van der Waals surface area (Å²) in [5.41, 5.74) is 11.9. The van der Waals surface area contributed by atoms with Crippen molar-refractivity contribution in [1.82, 2.24) is 10.2 Å². The number of hydrogen-bond donors (Lipinski definition) is 6. The number of aliphatic imine (C=N–C) groups is 1. The maximum atomic E-state index is 13.1. The molecule has 0 unspecified atom stereocenters. The summed E-state index contributed by atoms with van der Waals surface area (Å²) in [5.74, 6) is -1.48. The van der Waals surface area contributed by atoms with Gasteiger partial charge in [-0.3, -0.25) is 9.59 Å². The predicted octanol–water partition coefficient (Wildman–Crippen LogP) is -1.45. The summed E-state index contributed by atoms with van der Waals surface area (Å²) >= 11 is 3.36. The number of halogens is 1. The van der Waals surface area contributed by atoms with Gasteiger partial charge < -0.3 is 41.7 Å². The molecule has 11 nitrogen and oxygen atoms in total. The lowest BCUT2D eigenvalue weighted by Gasteiger charge is -2.39. The number of aliphatic hydroxyl groups excluding tert-OH is 3. The number of ether oxygens (including phenoxy) is 1. The largest absolute Gasteiger partial charge is 0.480 e. The molecule has 32 heavy (non-hydrogen) atoms. The lowest BCUT2D eigenvalue weighted by Crippen LogP contribution is -2.60. The van der Waals surface area contributed by atoms with Crippen LogP contribution in [0.2, 0.25) is 0 Å². The number of aliphatic hydroxyl groups is 3. The van der Waals surface area contributed by atoms with Gasteiger partial charge in [0.2, 0.25) is 5.91 Å². The number of rotatable bonds is 8. The normalized spacial score (nSPS) is 22.1. The number of nitrogens with zero attached hydrogens (tertiary/aromatic N) is 2. The third-order valence-corrected chi connectivity index (χ3v) is 5.31. The maximum Gasteiger partial charge on any atom is 0.288 e. The predicted molar refractivity (Wildman–Crippen MR) is 120 cm³/mol. The SMILES string of the molecule is CC(=O)N[C@H]1[C@H]([C@H](O)[C@H](O)CO)OC(C(=O)N(C)Cc2ccc(Br)cc2)=C[C@@H]1N=C(N)N. The molecule has 1 aromatic carbocycles. The molecule has 0 saturated carbocycles. The fraction of sp³-hybridized carbons (Fsp3) is 0.450. The highest BCUT2D eigenvalue weighted by molar-refractivity contribution is 9.10. The van der Waals surface area contributed by atoms with Gasteiger partial charge in [0.25, 0.3) is 5.91 Å². The van der Waals surface area contributed by atoms with Crippen LogP contribution in [-0.2, 0) is 20.9 Å². The highest BCUT2D eigenvalue weighted by Gasteiger charge is 2.44. The van der Waals surface area contributed by atoms with Crippen LogP contribution in [0.15, 0.2) is 45.6 Å². The summed E-state index contributed by atoms with van der Waals surface area (Å²) in [5, 5.41) is 32.3. The molecule has 1 heterocycles. The molecule has 5 atom stereocenters. The number of guanidine groups is 1. The molecule has 0 saturated heterocycles. The zero-order valence-electron chi connectivity index (χ0n) is 17.7. The van der Waals surface area contributed by atoms with Crippen molar-refractivity contribution in [2.45, 2.75) is 43.9 Å². The molecule has 2 rings (SSSR count). The van der Waals surface area contributed by atoms with E-state index in [1.807, 2.05) is 24.3 Å². The van der Waals surface area contributed by atoms with Crippen LogP contribution in [0.3, 0.4) is 0 Å². The molecule has 176 valence electrons. The van der Waals surface area contributed by atoms with Gasteiger partial charge in [-0.1, -0.05) is 28.1 Å². The standard InChI is InChI=1S/C20H28BrN5O6/c1-10(28)24-16-13(25-20(22)23)7-15(32-18(16)17(30)14(29)9-27)19(31)26(2)8-11-3-5-12(21)6-4-11/h3-7,13-14,16-18,27,29-30H,8-9H2,1-2H3,(H,24,28)(H4,22,23,25)/t13-,14+,16+,17+,18+/m0/s1. The van der Waals surface area contributed by atoms with E-state index in [4.69, 9.17) is 16.2 Å². The van der Waals surface area contributed by atoms with Crippen molar-refractivity contribution >= 4 is 33.7 Å². The summed E-state index contributed by atoms with van der Waals surface area (Å²) < 4.78 is 6.61. The van der Waals surface area contributed by atoms with Crippen LogP contribution in [0.1, 0.15) is 12.5 Å². The number of nitrogens with two attached hydrogens (primary N) is 2. The van der Waals surface area contributed by atoms with Crippen LogP contribution in [0.25, 0.3) is 0 Å². The molecule has 0 radical (unpaired) electrons.